The quantitative estimate of drug-likeness (QED) is 0.575. The standard InChI is InChI=1S/C21H20F5N5O3/c1-29(2)20(33)14-9-31(4-5-34-14)15-7-13-11(8-27-15)18(28-30(13)3)10-6-12(21(24,25)26)17(23)19(32)16(10)22/h6-8,14,32H,4-5,9H2,1-3H3. The number of phenolic OH excluding ortho intramolecular Hbond substituents is 1. The number of phenols is 1. The Bertz CT molecular complexity index is 1270. The first-order valence-electron chi connectivity index (χ1n) is 10.1. The van der Waals surface area contributed by atoms with Crippen LogP contribution in [0.5, 0.6) is 5.75 Å². The summed E-state index contributed by atoms with van der Waals surface area (Å²) in [6.45, 7) is 0.951. The third-order valence-corrected chi connectivity index (χ3v) is 5.57. The number of anilines is 1. The number of carbonyl (C=O) groups excluding carboxylic acids is 1. The molecular formula is C21H20F5N5O3. The first-order chi connectivity index (χ1) is 15.9. The van der Waals surface area contributed by atoms with E-state index in [-0.39, 0.29) is 36.2 Å². The number of aromatic hydroxyl groups is 1. The molecule has 0 aliphatic carbocycles. The summed E-state index contributed by atoms with van der Waals surface area (Å²) in [5.74, 6) is -5.14. The van der Waals surface area contributed by atoms with Gasteiger partial charge in [-0.2, -0.15) is 18.3 Å². The van der Waals surface area contributed by atoms with Crippen molar-refractivity contribution in [2.75, 3.05) is 38.7 Å². The molecular weight excluding hydrogens is 465 g/mol. The molecule has 1 saturated heterocycles. The van der Waals surface area contributed by atoms with Crippen molar-refractivity contribution >= 4 is 22.6 Å². The van der Waals surface area contributed by atoms with Crippen LogP contribution in [0.1, 0.15) is 5.56 Å². The molecule has 0 saturated carbocycles. The summed E-state index contributed by atoms with van der Waals surface area (Å²) in [7, 11) is 4.73. The van der Waals surface area contributed by atoms with E-state index in [1.165, 1.54) is 22.8 Å². The number of carbonyl (C=O) groups is 1. The number of rotatable bonds is 3. The average molecular weight is 485 g/mol. The number of fused-ring (bicyclic) bond motifs is 1. The highest BCUT2D eigenvalue weighted by atomic mass is 19.4. The van der Waals surface area contributed by atoms with E-state index < -0.39 is 40.8 Å². The number of hydrogen-bond donors (Lipinski definition) is 1. The van der Waals surface area contributed by atoms with Gasteiger partial charge in [0.05, 0.1) is 24.2 Å². The molecule has 0 bridgehead atoms. The van der Waals surface area contributed by atoms with E-state index in [4.69, 9.17) is 4.74 Å². The summed E-state index contributed by atoms with van der Waals surface area (Å²) >= 11 is 0. The first kappa shape index (κ1) is 23.7. The van der Waals surface area contributed by atoms with Crippen molar-refractivity contribution in [3.8, 4) is 17.0 Å². The zero-order valence-corrected chi connectivity index (χ0v) is 18.3. The van der Waals surface area contributed by atoms with Gasteiger partial charge in [0.15, 0.2) is 23.5 Å². The van der Waals surface area contributed by atoms with E-state index in [2.05, 4.69) is 10.1 Å². The van der Waals surface area contributed by atoms with Crippen molar-refractivity contribution in [1.82, 2.24) is 19.7 Å². The molecule has 3 heterocycles. The van der Waals surface area contributed by atoms with Gasteiger partial charge in [-0.15, -0.1) is 0 Å². The van der Waals surface area contributed by atoms with Crippen LogP contribution < -0.4 is 4.90 Å². The number of pyridine rings is 1. The molecule has 1 amide bonds. The lowest BCUT2D eigenvalue weighted by Gasteiger charge is -2.34. The van der Waals surface area contributed by atoms with Crippen molar-refractivity contribution < 1.29 is 36.6 Å². The number of alkyl halides is 3. The number of halogens is 5. The zero-order chi connectivity index (χ0) is 24.9. The van der Waals surface area contributed by atoms with Gasteiger partial charge in [-0.05, 0) is 6.07 Å². The largest absolute Gasteiger partial charge is 0.503 e. The van der Waals surface area contributed by atoms with Crippen LogP contribution in [-0.2, 0) is 22.8 Å². The Morgan fingerprint density at radius 3 is 2.59 bits per heavy atom. The summed E-state index contributed by atoms with van der Waals surface area (Å²) in [5, 5.41) is 13.9. The van der Waals surface area contributed by atoms with Crippen LogP contribution in [0.4, 0.5) is 27.8 Å². The van der Waals surface area contributed by atoms with Crippen molar-refractivity contribution in [3.05, 3.63) is 35.5 Å². The van der Waals surface area contributed by atoms with Gasteiger partial charge in [0.25, 0.3) is 5.91 Å². The van der Waals surface area contributed by atoms with Gasteiger partial charge in [-0.3, -0.25) is 9.48 Å². The Hall–Kier alpha value is -3.48. The predicted molar refractivity (Wildman–Crippen MR) is 111 cm³/mol. The zero-order valence-electron chi connectivity index (χ0n) is 18.3. The van der Waals surface area contributed by atoms with Gasteiger partial charge in [-0.1, -0.05) is 0 Å². The summed E-state index contributed by atoms with van der Waals surface area (Å²) in [4.78, 5) is 19.8. The molecule has 1 aliphatic heterocycles. The van der Waals surface area contributed by atoms with Crippen LogP contribution >= 0.6 is 0 Å². The normalized spacial score (nSPS) is 16.8. The number of amides is 1. The first-order valence-corrected chi connectivity index (χ1v) is 10.1. The molecule has 4 rings (SSSR count). The lowest BCUT2D eigenvalue weighted by Crippen LogP contribution is -2.49. The molecule has 8 nitrogen and oxygen atoms in total. The van der Waals surface area contributed by atoms with Crippen molar-refractivity contribution in [3.63, 3.8) is 0 Å². The minimum Gasteiger partial charge on any atom is -0.503 e. The molecule has 1 aliphatic rings. The summed E-state index contributed by atoms with van der Waals surface area (Å²) in [5.41, 5.74) is -2.36. The molecule has 1 atom stereocenters. The number of benzene rings is 1. The molecule has 34 heavy (non-hydrogen) atoms. The van der Waals surface area contributed by atoms with Gasteiger partial charge < -0.3 is 19.6 Å². The number of aromatic nitrogens is 3. The highest BCUT2D eigenvalue weighted by Crippen LogP contribution is 2.41. The van der Waals surface area contributed by atoms with E-state index >= 15 is 0 Å². The van der Waals surface area contributed by atoms with Crippen LogP contribution in [0, 0.1) is 11.6 Å². The monoisotopic (exact) mass is 485 g/mol. The lowest BCUT2D eigenvalue weighted by atomic mass is 10.0. The third-order valence-electron chi connectivity index (χ3n) is 5.57. The minimum atomic E-state index is -5.16. The topological polar surface area (TPSA) is 83.7 Å². The fourth-order valence-electron chi connectivity index (χ4n) is 3.81. The number of ether oxygens (including phenoxy) is 1. The van der Waals surface area contributed by atoms with Gasteiger partial charge in [0.2, 0.25) is 0 Å². The second-order valence-electron chi connectivity index (χ2n) is 8.02. The summed E-state index contributed by atoms with van der Waals surface area (Å²) < 4.78 is 75.0. The Morgan fingerprint density at radius 2 is 1.94 bits per heavy atom. The highest BCUT2D eigenvalue weighted by molar-refractivity contribution is 5.94. The molecule has 3 aromatic rings. The van der Waals surface area contributed by atoms with E-state index in [0.717, 1.165) is 0 Å². The van der Waals surface area contributed by atoms with Crippen LogP contribution in [0.15, 0.2) is 18.3 Å². The molecule has 0 spiro atoms. The molecule has 2 aromatic heterocycles. The molecule has 13 heteroatoms. The number of morpholine rings is 1. The van der Waals surface area contributed by atoms with Crippen LogP contribution in [-0.4, -0.2) is 70.6 Å². The van der Waals surface area contributed by atoms with Gasteiger partial charge in [0, 0.05) is 50.9 Å². The maximum absolute atomic E-state index is 14.6. The number of hydrogen-bond acceptors (Lipinski definition) is 6. The number of likely N-dealkylation sites (N-methyl/N-ethyl adjacent to an activating group) is 1. The second-order valence-corrected chi connectivity index (χ2v) is 8.02. The minimum absolute atomic E-state index is 0.193. The number of aryl methyl sites for hydroxylation is 1. The molecule has 0 radical (unpaired) electrons. The Morgan fingerprint density at radius 1 is 1.24 bits per heavy atom. The van der Waals surface area contributed by atoms with Gasteiger partial charge >= 0.3 is 6.18 Å². The van der Waals surface area contributed by atoms with Crippen LogP contribution in [0.3, 0.4) is 0 Å². The average Bonchev–Trinajstić information content (AvgIpc) is 3.12. The fourth-order valence-corrected chi connectivity index (χ4v) is 3.81. The SMILES string of the molecule is CN(C)C(=O)C1CN(c2cc3c(cn2)c(-c2cc(C(F)(F)F)c(F)c(O)c2F)nn3C)CCO1. The van der Waals surface area contributed by atoms with Gasteiger partial charge in [-0.25, -0.2) is 13.8 Å². The van der Waals surface area contributed by atoms with Crippen molar-refractivity contribution in [1.29, 1.82) is 0 Å². The van der Waals surface area contributed by atoms with Crippen molar-refractivity contribution in [2.45, 2.75) is 12.3 Å². The maximum atomic E-state index is 14.6. The van der Waals surface area contributed by atoms with Crippen molar-refractivity contribution in [2.24, 2.45) is 7.05 Å². The highest BCUT2D eigenvalue weighted by Gasteiger charge is 2.38. The molecule has 182 valence electrons. The van der Waals surface area contributed by atoms with Crippen LogP contribution in [0.25, 0.3) is 22.2 Å². The Balaban J connectivity index is 1.77. The molecule has 1 N–H and O–H groups in total. The van der Waals surface area contributed by atoms with Crippen LogP contribution in [0.2, 0.25) is 0 Å². The number of nitrogens with zero attached hydrogens (tertiary/aromatic N) is 5. The smallest absolute Gasteiger partial charge is 0.419 e. The molecule has 1 unspecified atom stereocenters. The van der Waals surface area contributed by atoms with Gasteiger partial charge in [0.1, 0.15) is 11.5 Å². The predicted octanol–water partition coefficient (Wildman–Crippen LogP) is 2.93. The van der Waals surface area contributed by atoms with E-state index in [1.54, 1.807) is 20.2 Å². The molecule has 1 fully saturated rings. The summed E-state index contributed by atoms with van der Waals surface area (Å²) in [6.07, 6.45) is -4.55. The molecule has 1 aromatic carbocycles. The van der Waals surface area contributed by atoms with E-state index in [9.17, 15) is 31.9 Å². The maximum Gasteiger partial charge on any atom is 0.419 e. The fraction of sp³-hybridized carbons (Fsp3) is 0.381. The van der Waals surface area contributed by atoms with E-state index in [0.29, 0.717) is 17.9 Å². The Labute approximate surface area is 190 Å². The third kappa shape index (κ3) is 4.00. The van der Waals surface area contributed by atoms with E-state index in [1.807, 2.05) is 4.90 Å². The lowest BCUT2D eigenvalue weighted by molar-refractivity contribution is -0.142. The second kappa shape index (κ2) is 8.38. The Kier molecular flexibility index (Phi) is 5.84. The summed E-state index contributed by atoms with van der Waals surface area (Å²) in [6, 6.07) is 1.87.